The van der Waals surface area contributed by atoms with Gasteiger partial charge in [-0.3, -0.25) is 13.8 Å². The second-order valence-corrected chi connectivity index (χ2v) is 19.4. The van der Waals surface area contributed by atoms with E-state index in [1.165, 1.54) is 173 Å². The average Bonchev–Trinajstić information content (AvgIpc) is 3.24. The van der Waals surface area contributed by atoms with E-state index >= 15 is 0 Å². The van der Waals surface area contributed by atoms with E-state index < -0.39 is 63.1 Å². The maximum atomic E-state index is 12.8. The minimum absolute atomic E-state index is 0.0677. The third-order valence-electron chi connectivity index (χ3n) is 12.2. The Bertz CT molecular complexity index is 1020. The van der Waals surface area contributed by atoms with E-state index in [1.54, 1.807) is 0 Å². The molecule has 61 heavy (non-hydrogen) atoms. The molecule has 0 aromatic carbocycles. The Labute approximate surface area is 372 Å². The van der Waals surface area contributed by atoms with Gasteiger partial charge >= 0.3 is 13.8 Å². The molecule has 6 unspecified atom stereocenters. The van der Waals surface area contributed by atoms with E-state index in [2.05, 4.69) is 13.8 Å². The zero-order valence-corrected chi connectivity index (χ0v) is 39.9. The molecule has 364 valence electrons. The first-order chi connectivity index (χ1) is 29.5. The zero-order chi connectivity index (χ0) is 44.8. The number of ether oxygens (including phenoxy) is 2. The molecule has 1 saturated carbocycles. The van der Waals surface area contributed by atoms with Gasteiger partial charge in [-0.25, -0.2) is 4.57 Å². The van der Waals surface area contributed by atoms with Crippen molar-refractivity contribution in [3.8, 4) is 0 Å². The molecule has 0 aromatic rings. The molecule has 0 spiro atoms. The van der Waals surface area contributed by atoms with Crippen LogP contribution in [0, 0.1) is 0 Å². The van der Waals surface area contributed by atoms with Gasteiger partial charge in [0.25, 0.3) is 0 Å². The van der Waals surface area contributed by atoms with Gasteiger partial charge in [0, 0.05) is 13.0 Å². The van der Waals surface area contributed by atoms with Crippen molar-refractivity contribution in [1.82, 2.24) is 0 Å². The highest BCUT2D eigenvalue weighted by Crippen LogP contribution is 2.47. The fraction of sp³-hybridized carbons (Fsp3) is 0.979. The number of phosphoric acid groups is 1. The molecule has 0 heterocycles. The molecule has 0 saturated heterocycles. The van der Waals surface area contributed by atoms with Gasteiger partial charge in [0.15, 0.2) is 0 Å². The largest absolute Gasteiger partial charge is 0.472 e. The number of rotatable bonds is 44. The topological polar surface area (TPSA) is 192 Å². The molecule has 0 radical (unpaired) electrons. The van der Waals surface area contributed by atoms with Crippen LogP contribution in [0.3, 0.4) is 0 Å². The summed E-state index contributed by atoms with van der Waals surface area (Å²) in [5, 5.41) is 50.2. The van der Waals surface area contributed by atoms with Crippen LogP contribution in [-0.2, 0) is 27.9 Å². The Morgan fingerprint density at radius 1 is 0.459 bits per heavy atom. The summed E-state index contributed by atoms with van der Waals surface area (Å²) in [6, 6.07) is 0. The van der Waals surface area contributed by atoms with Gasteiger partial charge in [0.1, 0.15) is 42.7 Å². The highest BCUT2D eigenvalue weighted by Gasteiger charge is 2.51. The molecule has 1 rings (SSSR count). The van der Waals surface area contributed by atoms with Crippen LogP contribution in [0.1, 0.15) is 239 Å². The monoisotopic (exact) mass is 895 g/mol. The van der Waals surface area contributed by atoms with Crippen LogP contribution in [0.15, 0.2) is 0 Å². The fourth-order valence-corrected chi connectivity index (χ4v) is 9.15. The highest BCUT2D eigenvalue weighted by atomic mass is 31.2. The smallest absolute Gasteiger partial charge is 0.457 e. The summed E-state index contributed by atoms with van der Waals surface area (Å²) in [5.74, 6) is -0.469. The first-order valence-electron chi connectivity index (χ1n) is 25.4. The number of unbranched alkanes of at least 4 members (excludes halogenated alkanes) is 32. The van der Waals surface area contributed by atoms with E-state index in [-0.39, 0.29) is 13.0 Å². The van der Waals surface area contributed by atoms with Crippen LogP contribution >= 0.6 is 7.82 Å². The third-order valence-corrected chi connectivity index (χ3v) is 13.2. The van der Waals surface area contributed by atoms with Gasteiger partial charge in [-0.1, -0.05) is 219 Å². The quantitative estimate of drug-likeness (QED) is 0.0193. The maximum absolute atomic E-state index is 12.8. The molecule has 1 fully saturated rings. The summed E-state index contributed by atoms with van der Waals surface area (Å²) in [6.07, 6.45) is 30.3. The molecule has 0 aromatic heterocycles. The van der Waals surface area contributed by atoms with Crippen molar-refractivity contribution < 1.29 is 58.3 Å². The van der Waals surface area contributed by atoms with Crippen LogP contribution < -0.4 is 0 Å². The van der Waals surface area contributed by atoms with Crippen molar-refractivity contribution in [2.75, 3.05) is 19.8 Å². The van der Waals surface area contributed by atoms with Crippen LogP contribution in [0.5, 0.6) is 0 Å². The number of carbonyl (C=O) groups is 1. The van der Waals surface area contributed by atoms with Crippen molar-refractivity contribution in [3.05, 3.63) is 0 Å². The number of aliphatic hydroxyl groups excluding tert-OH is 5. The molecule has 1 aliphatic carbocycles. The van der Waals surface area contributed by atoms with Crippen molar-refractivity contribution in [1.29, 1.82) is 0 Å². The Morgan fingerprint density at radius 2 is 0.770 bits per heavy atom. The predicted molar refractivity (Wildman–Crippen MR) is 244 cm³/mol. The lowest BCUT2D eigenvalue weighted by Gasteiger charge is -2.41. The number of esters is 1. The molecular weight excluding hydrogens is 799 g/mol. The Kier molecular flexibility index (Phi) is 38.0. The lowest BCUT2D eigenvalue weighted by molar-refractivity contribution is -0.220. The number of aliphatic hydroxyl groups is 5. The number of hydrogen-bond acceptors (Lipinski definition) is 11. The van der Waals surface area contributed by atoms with Crippen molar-refractivity contribution in [2.45, 2.75) is 281 Å². The molecule has 6 N–H and O–H groups in total. The van der Waals surface area contributed by atoms with E-state index in [0.717, 1.165) is 38.5 Å². The minimum Gasteiger partial charge on any atom is -0.457 e. The van der Waals surface area contributed by atoms with Crippen LogP contribution in [0.4, 0.5) is 0 Å². The summed E-state index contributed by atoms with van der Waals surface area (Å²) in [7, 11) is -5.01. The van der Waals surface area contributed by atoms with Crippen molar-refractivity contribution >= 4 is 13.8 Å². The molecular formula is C48H95O12P. The molecule has 8 atom stereocenters. The molecule has 0 amide bonds. The van der Waals surface area contributed by atoms with Crippen LogP contribution in [0.2, 0.25) is 0 Å². The molecule has 13 heteroatoms. The number of phosphoric ester groups is 1. The van der Waals surface area contributed by atoms with E-state index in [0.29, 0.717) is 13.0 Å². The van der Waals surface area contributed by atoms with Gasteiger partial charge in [0.2, 0.25) is 0 Å². The minimum atomic E-state index is -5.01. The van der Waals surface area contributed by atoms with Crippen molar-refractivity contribution in [2.24, 2.45) is 0 Å². The summed E-state index contributed by atoms with van der Waals surface area (Å²) >= 11 is 0. The molecule has 0 aliphatic heterocycles. The number of hydrogen-bond donors (Lipinski definition) is 6. The summed E-state index contributed by atoms with van der Waals surface area (Å²) < 4.78 is 34.3. The predicted octanol–water partition coefficient (Wildman–Crippen LogP) is 10.9. The first-order valence-corrected chi connectivity index (χ1v) is 26.9. The van der Waals surface area contributed by atoms with E-state index in [4.69, 9.17) is 18.5 Å². The van der Waals surface area contributed by atoms with E-state index in [1.807, 2.05) is 0 Å². The van der Waals surface area contributed by atoms with Gasteiger partial charge in [-0.05, 0) is 12.8 Å². The third kappa shape index (κ3) is 31.8. The van der Waals surface area contributed by atoms with Crippen LogP contribution in [-0.4, -0.2) is 98.9 Å². The van der Waals surface area contributed by atoms with Gasteiger partial charge in [-0.2, -0.15) is 0 Å². The van der Waals surface area contributed by atoms with Crippen LogP contribution in [0.25, 0.3) is 0 Å². The molecule has 1 aliphatic rings. The van der Waals surface area contributed by atoms with Gasteiger partial charge in [0.05, 0.1) is 13.2 Å². The van der Waals surface area contributed by atoms with Gasteiger partial charge in [-0.15, -0.1) is 0 Å². The summed E-state index contributed by atoms with van der Waals surface area (Å²) in [6.45, 7) is 4.31. The second kappa shape index (κ2) is 39.7. The summed E-state index contributed by atoms with van der Waals surface area (Å²) in [4.78, 5) is 23.2. The normalized spacial score (nSPS) is 22.0. The first kappa shape index (κ1) is 58.4. The lowest BCUT2D eigenvalue weighted by atomic mass is 9.85. The van der Waals surface area contributed by atoms with E-state index in [9.17, 15) is 39.8 Å². The Hall–Kier alpha value is -0.660. The van der Waals surface area contributed by atoms with Gasteiger partial charge < -0.3 is 39.9 Å². The Balaban J connectivity index is 2.32. The lowest BCUT2D eigenvalue weighted by Crippen LogP contribution is -2.64. The molecule has 12 nitrogen and oxygen atoms in total. The van der Waals surface area contributed by atoms with Crippen molar-refractivity contribution in [3.63, 3.8) is 0 Å². The summed E-state index contributed by atoms with van der Waals surface area (Å²) in [5.41, 5.74) is 0. The highest BCUT2D eigenvalue weighted by molar-refractivity contribution is 7.47. The SMILES string of the molecule is CCCCCCCCCCCCCCCCCCCCCCC(=O)O[C@H](COCCCCCCCCCCCCCCCC)COP(=O)(O)OC1C(O)C(O)C(O)[C@@H](O)C1O. The maximum Gasteiger partial charge on any atom is 0.472 e. The Morgan fingerprint density at radius 3 is 1.13 bits per heavy atom. The second-order valence-electron chi connectivity index (χ2n) is 18.0. The average molecular weight is 895 g/mol. The standard InChI is InChI=1S/C48H95O12P/c1-3-5-7-9-11-13-15-17-19-20-21-22-23-24-25-27-29-31-33-35-37-42(49)59-41(39-57-38-36-34-32-30-28-26-18-16-14-12-10-8-6-4-2)40-58-61(55,56)60-48-46(53)44(51)43(50)45(52)47(48)54/h41,43-48,50-54H,3-40H2,1-2H3,(H,55,56)/t41-,43?,44-,45?,46?,47?,48?/m1/s1. The zero-order valence-electron chi connectivity index (χ0n) is 39.0. The fourth-order valence-electron chi connectivity index (χ4n) is 8.18. The molecule has 0 bridgehead atoms. The number of carbonyl (C=O) groups excluding carboxylic acids is 1.